The molecule has 4 saturated carbocycles. The zero-order chi connectivity index (χ0) is 27.1. The minimum atomic E-state index is -0.175. The number of methoxy groups -OCH3 is 1. The van der Waals surface area contributed by atoms with Crippen LogP contribution in [-0.2, 0) is 9.53 Å². The van der Waals surface area contributed by atoms with E-state index in [0.717, 1.165) is 48.0 Å². The Bertz CT molecular complexity index is 1100. The number of hydrogen-bond donors (Lipinski definition) is 0. The molecule has 0 aromatic heterocycles. The van der Waals surface area contributed by atoms with Crippen molar-refractivity contribution in [2.75, 3.05) is 7.11 Å². The van der Waals surface area contributed by atoms with Gasteiger partial charge in [-0.2, -0.15) is 0 Å². The maximum Gasteiger partial charge on any atom is 0.333 e. The SMILES string of the molecule is C=C[C@@H]1CCC2CC[C@]3(C)[C@H](CC[C@@H]4[C@@]5(C)CC=C(C6=CC=C(C(=O)OC)CC6)C(C)(C)[C@@H]5CC[C@]43C)[C@H]21. The van der Waals surface area contributed by atoms with E-state index in [1.165, 1.54) is 70.5 Å². The molecule has 0 aliphatic heterocycles. The zero-order valence-electron chi connectivity index (χ0n) is 25.1. The first-order valence-corrected chi connectivity index (χ1v) is 15.8. The maximum absolute atomic E-state index is 12.1. The van der Waals surface area contributed by atoms with Crippen molar-refractivity contribution in [1.29, 1.82) is 0 Å². The summed E-state index contributed by atoms with van der Waals surface area (Å²) in [4.78, 5) is 12.1. The Balaban J connectivity index is 1.33. The molecule has 6 aliphatic rings. The molecule has 0 heterocycles. The average Bonchev–Trinajstić information content (AvgIpc) is 3.32. The van der Waals surface area contributed by atoms with E-state index >= 15 is 0 Å². The first-order valence-electron chi connectivity index (χ1n) is 15.8. The van der Waals surface area contributed by atoms with E-state index < -0.39 is 0 Å². The lowest BCUT2D eigenvalue weighted by molar-refractivity contribution is -0.217. The molecule has 0 amide bonds. The molecule has 4 fully saturated rings. The van der Waals surface area contributed by atoms with Crippen LogP contribution in [0.25, 0.3) is 0 Å². The first-order chi connectivity index (χ1) is 18.0. The Morgan fingerprint density at radius 3 is 2.37 bits per heavy atom. The van der Waals surface area contributed by atoms with Gasteiger partial charge < -0.3 is 4.74 Å². The van der Waals surface area contributed by atoms with Crippen LogP contribution < -0.4 is 0 Å². The minimum Gasteiger partial charge on any atom is -0.466 e. The lowest BCUT2D eigenvalue weighted by Crippen LogP contribution is -2.64. The van der Waals surface area contributed by atoms with Gasteiger partial charge in [-0.25, -0.2) is 4.79 Å². The summed E-state index contributed by atoms with van der Waals surface area (Å²) in [5, 5.41) is 0. The van der Waals surface area contributed by atoms with Crippen molar-refractivity contribution in [2.24, 2.45) is 57.2 Å². The number of hydrogen-bond acceptors (Lipinski definition) is 2. The molecular formula is C36H52O2. The molecule has 6 rings (SSSR count). The van der Waals surface area contributed by atoms with Crippen LogP contribution in [0.3, 0.4) is 0 Å². The second-order valence-corrected chi connectivity index (χ2v) is 15.4. The van der Waals surface area contributed by atoms with Crippen molar-refractivity contribution in [3.05, 3.63) is 47.6 Å². The van der Waals surface area contributed by atoms with Crippen LogP contribution in [-0.4, -0.2) is 13.1 Å². The van der Waals surface area contributed by atoms with Crippen LogP contribution in [0.5, 0.6) is 0 Å². The molecule has 9 atom stereocenters. The van der Waals surface area contributed by atoms with Crippen LogP contribution in [0.4, 0.5) is 0 Å². The predicted octanol–water partition coefficient (Wildman–Crippen LogP) is 9.24. The molecule has 1 unspecified atom stereocenters. The second-order valence-electron chi connectivity index (χ2n) is 15.4. The van der Waals surface area contributed by atoms with E-state index in [4.69, 9.17) is 4.74 Å². The zero-order valence-corrected chi connectivity index (χ0v) is 25.1. The third-order valence-corrected chi connectivity index (χ3v) is 14.2. The molecule has 6 aliphatic carbocycles. The van der Waals surface area contributed by atoms with E-state index in [0.29, 0.717) is 22.2 Å². The molecule has 0 aromatic rings. The summed E-state index contributed by atoms with van der Waals surface area (Å²) in [7, 11) is 1.48. The molecule has 2 nitrogen and oxygen atoms in total. The molecule has 2 heteroatoms. The number of rotatable bonds is 3. The van der Waals surface area contributed by atoms with Gasteiger partial charge in [0.05, 0.1) is 7.11 Å². The van der Waals surface area contributed by atoms with Gasteiger partial charge in [0, 0.05) is 5.57 Å². The summed E-state index contributed by atoms with van der Waals surface area (Å²) in [6, 6.07) is 0. The fourth-order valence-corrected chi connectivity index (χ4v) is 12.2. The fraction of sp³-hybridized carbons (Fsp3) is 0.750. The highest BCUT2D eigenvalue weighted by molar-refractivity contribution is 5.89. The van der Waals surface area contributed by atoms with Gasteiger partial charge in [0.15, 0.2) is 0 Å². The first kappa shape index (κ1) is 26.6. The van der Waals surface area contributed by atoms with Crippen LogP contribution >= 0.6 is 0 Å². The molecule has 38 heavy (non-hydrogen) atoms. The predicted molar refractivity (Wildman–Crippen MR) is 156 cm³/mol. The topological polar surface area (TPSA) is 26.3 Å². The lowest BCUT2D eigenvalue weighted by atomic mass is 9.33. The average molecular weight is 517 g/mol. The van der Waals surface area contributed by atoms with Crippen molar-refractivity contribution >= 4 is 5.97 Å². The van der Waals surface area contributed by atoms with Crippen LogP contribution in [0.2, 0.25) is 0 Å². The lowest BCUT2D eigenvalue weighted by Gasteiger charge is -2.71. The monoisotopic (exact) mass is 516 g/mol. The Morgan fingerprint density at radius 2 is 1.68 bits per heavy atom. The maximum atomic E-state index is 12.1. The molecule has 0 N–H and O–H groups in total. The highest BCUT2D eigenvalue weighted by Crippen LogP contribution is 2.76. The van der Waals surface area contributed by atoms with Gasteiger partial charge in [-0.15, -0.1) is 6.58 Å². The highest BCUT2D eigenvalue weighted by atomic mass is 16.5. The highest BCUT2D eigenvalue weighted by Gasteiger charge is 2.68. The Hall–Kier alpha value is -1.57. The number of carbonyl (C=O) groups is 1. The van der Waals surface area contributed by atoms with Crippen molar-refractivity contribution in [3.63, 3.8) is 0 Å². The van der Waals surface area contributed by atoms with Crippen molar-refractivity contribution in [1.82, 2.24) is 0 Å². The molecular weight excluding hydrogens is 464 g/mol. The largest absolute Gasteiger partial charge is 0.466 e. The Kier molecular flexibility index (Phi) is 6.29. The quantitative estimate of drug-likeness (QED) is 0.276. The van der Waals surface area contributed by atoms with Gasteiger partial charge in [0.2, 0.25) is 0 Å². The van der Waals surface area contributed by atoms with Crippen LogP contribution in [0.15, 0.2) is 47.6 Å². The third kappa shape index (κ3) is 3.46. The van der Waals surface area contributed by atoms with Crippen molar-refractivity contribution in [2.45, 2.75) is 105 Å². The van der Waals surface area contributed by atoms with Crippen LogP contribution in [0, 0.1) is 57.2 Å². The minimum absolute atomic E-state index is 0.158. The second kappa shape index (κ2) is 8.97. The van der Waals surface area contributed by atoms with E-state index in [1.807, 2.05) is 6.08 Å². The van der Waals surface area contributed by atoms with E-state index in [2.05, 4.69) is 59.4 Å². The van der Waals surface area contributed by atoms with E-state index in [9.17, 15) is 4.79 Å². The molecule has 0 aromatic carbocycles. The molecule has 208 valence electrons. The normalized spacial score (nSPS) is 47.3. The summed E-state index contributed by atoms with van der Waals surface area (Å²) >= 11 is 0. The molecule has 0 spiro atoms. The van der Waals surface area contributed by atoms with Gasteiger partial charge >= 0.3 is 5.97 Å². The Morgan fingerprint density at radius 1 is 0.921 bits per heavy atom. The van der Waals surface area contributed by atoms with E-state index in [-0.39, 0.29) is 11.4 Å². The van der Waals surface area contributed by atoms with Crippen molar-refractivity contribution in [3.8, 4) is 0 Å². The summed E-state index contributed by atoms with van der Waals surface area (Å²) in [5.41, 5.74) is 5.24. The molecule has 0 saturated heterocycles. The molecule has 0 bridgehead atoms. The van der Waals surface area contributed by atoms with Gasteiger partial charge in [-0.05, 0) is 139 Å². The van der Waals surface area contributed by atoms with E-state index in [1.54, 1.807) is 5.57 Å². The third-order valence-electron chi connectivity index (χ3n) is 14.2. The summed E-state index contributed by atoms with van der Waals surface area (Å²) in [5.74, 6) is 4.84. The smallest absolute Gasteiger partial charge is 0.333 e. The van der Waals surface area contributed by atoms with Gasteiger partial charge in [0.25, 0.3) is 0 Å². The number of allylic oxidation sites excluding steroid dienone is 6. The van der Waals surface area contributed by atoms with Gasteiger partial charge in [0.1, 0.15) is 0 Å². The Labute approximate surface area is 232 Å². The number of ether oxygens (including phenoxy) is 1. The van der Waals surface area contributed by atoms with Crippen molar-refractivity contribution < 1.29 is 9.53 Å². The summed E-state index contributed by atoms with van der Waals surface area (Å²) < 4.78 is 4.98. The standard InChI is InChI=1S/C36H52O2/c1-8-23-9-12-25-17-21-35(5)28(31(23)25)15-16-30-34(4)20-18-27(24-10-13-26(14-11-24)32(37)38-7)33(2,3)29(34)19-22-36(30,35)6/h8,10,13,18,23,25,28-31H,1,9,11-12,14-17,19-22H2,2-7H3/t23-,25?,28-,29+,30-,31+,34+,35-,36-/m1/s1. The number of esters is 1. The van der Waals surface area contributed by atoms with Gasteiger partial charge in [-0.3, -0.25) is 0 Å². The summed E-state index contributed by atoms with van der Waals surface area (Å²) in [6.07, 6.45) is 23.5. The number of carbonyl (C=O) groups excluding carboxylic acids is 1. The fourth-order valence-electron chi connectivity index (χ4n) is 12.2. The molecule has 0 radical (unpaired) electrons. The summed E-state index contributed by atoms with van der Waals surface area (Å²) in [6.45, 7) is 17.6. The number of fused-ring (bicyclic) bond motifs is 7. The van der Waals surface area contributed by atoms with Gasteiger partial charge in [-0.1, -0.05) is 58.9 Å². The van der Waals surface area contributed by atoms with Crippen LogP contribution in [0.1, 0.15) is 105 Å².